The summed E-state index contributed by atoms with van der Waals surface area (Å²) in [7, 11) is 1.29. The second-order valence-electron chi connectivity index (χ2n) is 3.62. The molecule has 14 heavy (non-hydrogen) atoms. The van der Waals surface area contributed by atoms with E-state index >= 15 is 0 Å². The molecule has 0 fully saturated rings. The van der Waals surface area contributed by atoms with Crippen molar-refractivity contribution in [1.29, 1.82) is 0 Å². The maximum atomic E-state index is 5.95. The van der Waals surface area contributed by atoms with E-state index in [1.165, 1.54) is 0 Å². The lowest BCUT2D eigenvalue weighted by atomic mass is 10.2. The first-order valence-corrected chi connectivity index (χ1v) is 7.24. The molecule has 0 heterocycles. The van der Waals surface area contributed by atoms with Crippen LogP contribution in [-0.4, -0.2) is 35.4 Å². The van der Waals surface area contributed by atoms with Gasteiger partial charge in [0, 0.05) is 25.8 Å². The molecule has 0 aliphatic carbocycles. The van der Waals surface area contributed by atoms with Crippen LogP contribution < -0.4 is 11.5 Å². The van der Waals surface area contributed by atoms with E-state index in [0.29, 0.717) is 6.54 Å². The highest BCUT2D eigenvalue weighted by atomic mass is 28.4. The minimum atomic E-state index is -2.14. The summed E-state index contributed by atoms with van der Waals surface area (Å²) in [6.07, 6.45) is 0.874. The number of hydrogen-bond acceptors (Lipinski definition) is 4. The maximum Gasteiger partial charge on any atom is 0.342 e. The first kappa shape index (κ1) is 14.1. The molecule has 4 nitrogen and oxygen atoms in total. The van der Waals surface area contributed by atoms with E-state index in [9.17, 15) is 0 Å². The Morgan fingerprint density at radius 2 is 1.79 bits per heavy atom. The zero-order valence-corrected chi connectivity index (χ0v) is 10.7. The molecule has 0 aliphatic heterocycles. The van der Waals surface area contributed by atoms with Gasteiger partial charge in [-0.15, -0.1) is 0 Å². The summed E-state index contributed by atoms with van der Waals surface area (Å²) < 4.78 is 11.2. The van der Waals surface area contributed by atoms with Gasteiger partial charge in [-0.2, -0.15) is 0 Å². The minimum absolute atomic E-state index is 0.0741. The molecule has 0 radical (unpaired) electrons. The summed E-state index contributed by atoms with van der Waals surface area (Å²) in [5.74, 6) is 0. The van der Waals surface area contributed by atoms with Crippen LogP contribution in [0.4, 0.5) is 0 Å². The smallest absolute Gasteiger partial charge is 0.342 e. The predicted molar refractivity (Wildman–Crippen MR) is 61.3 cm³/mol. The second kappa shape index (κ2) is 6.52. The van der Waals surface area contributed by atoms with Gasteiger partial charge in [-0.3, -0.25) is 0 Å². The Labute approximate surface area is 88.2 Å². The Kier molecular flexibility index (Phi) is 6.55. The first-order valence-electron chi connectivity index (χ1n) is 5.13. The van der Waals surface area contributed by atoms with Crippen molar-refractivity contribution in [3.8, 4) is 0 Å². The van der Waals surface area contributed by atoms with E-state index in [0.717, 1.165) is 12.5 Å². The van der Waals surface area contributed by atoms with Crippen LogP contribution in [0, 0.1) is 0 Å². The Morgan fingerprint density at radius 3 is 2.00 bits per heavy atom. The quantitative estimate of drug-likeness (QED) is 0.623. The fraction of sp³-hybridized carbons (Fsp3) is 1.00. The van der Waals surface area contributed by atoms with Crippen molar-refractivity contribution in [2.45, 2.75) is 37.9 Å². The van der Waals surface area contributed by atoms with Crippen LogP contribution in [0.15, 0.2) is 0 Å². The fourth-order valence-corrected chi connectivity index (χ4v) is 5.28. The lowest BCUT2D eigenvalue weighted by molar-refractivity contribution is 0.222. The maximum absolute atomic E-state index is 5.95. The Balaban J connectivity index is 4.70. The van der Waals surface area contributed by atoms with Crippen molar-refractivity contribution in [2.75, 3.05) is 20.8 Å². The predicted octanol–water partition coefficient (Wildman–Crippen LogP) is 0.808. The summed E-state index contributed by atoms with van der Waals surface area (Å²) in [5.41, 5.74) is 11.8. The van der Waals surface area contributed by atoms with Gasteiger partial charge in [0.2, 0.25) is 0 Å². The van der Waals surface area contributed by atoms with Crippen molar-refractivity contribution in [3.05, 3.63) is 0 Å². The van der Waals surface area contributed by atoms with Crippen molar-refractivity contribution >= 4 is 8.56 Å². The standard InChI is InChI=1S/C9H24N2O2Si/c1-5-14(12-3,13-4)9(6-7-10)8(2)11/h8-9H,5-7,10-11H2,1-4H3. The highest BCUT2D eigenvalue weighted by Crippen LogP contribution is 2.32. The number of rotatable bonds is 7. The Hall–Kier alpha value is 0.0569. The molecule has 2 unspecified atom stereocenters. The van der Waals surface area contributed by atoms with Crippen LogP contribution in [0.25, 0.3) is 0 Å². The largest absolute Gasteiger partial charge is 0.397 e. The molecule has 0 aromatic carbocycles. The van der Waals surface area contributed by atoms with E-state index in [1.54, 1.807) is 14.2 Å². The summed E-state index contributed by atoms with van der Waals surface area (Å²) in [4.78, 5) is 0. The molecule has 0 aliphatic rings. The van der Waals surface area contributed by atoms with Crippen LogP contribution >= 0.6 is 0 Å². The minimum Gasteiger partial charge on any atom is -0.397 e. The molecule has 0 aromatic rings. The van der Waals surface area contributed by atoms with E-state index in [1.807, 2.05) is 6.92 Å². The second-order valence-corrected chi connectivity index (χ2v) is 7.51. The molecule has 5 heteroatoms. The van der Waals surface area contributed by atoms with E-state index in [4.69, 9.17) is 20.3 Å². The van der Waals surface area contributed by atoms with Crippen LogP contribution in [-0.2, 0) is 8.85 Å². The zero-order valence-electron chi connectivity index (χ0n) is 9.75. The third-order valence-electron chi connectivity index (χ3n) is 2.86. The van der Waals surface area contributed by atoms with E-state index in [-0.39, 0.29) is 11.6 Å². The molecular weight excluding hydrogens is 196 g/mol. The van der Waals surface area contributed by atoms with E-state index < -0.39 is 8.56 Å². The summed E-state index contributed by atoms with van der Waals surface area (Å²) >= 11 is 0. The monoisotopic (exact) mass is 220 g/mol. The van der Waals surface area contributed by atoms with Crippen LogP contribution in [0.3, 0.4) is 0 Å². The highest BCUT2D eigenvalue weighted by Gasteiger charge is 2.44. The van der Waals surface area contributed by atoms with Gasteiger partial charge in [-0.05, 0) is 25.9 Å². The van der Waals surface area contributed by atoms with Crippen molar-refractivity contribution in [1.82, 2.24) is 0 Å². The molecule has 0 amide bonds. The third kappa shape index (κ3) is 3.03. The lowest BCUT2D eigenvalue weighted by Gasteiger charge is -2.36. The summed E-state index contributed by atoms with van der Waals surface area (Å²) in [6, 6.07) is 0.983. The average Bonchev–Trinajstić information content (AvgIpc) is 2.19. The normalized spacial score (nSPS) is 16.7. The van der Waals surface area contributed by atoms with Crippen LogP contribution in [0.1, 0.15) is 20.3 Å². The molecule has 0 bridgehead atoms. The molecule has 86 valence electrons. The molecule has 0 aromatic heterocycles. The topological polar surface area (TPSA) is 70.5 Å². The van der Waals surface area contributed by atoms with Crippen LogP contribution in [0.2, 0.25) is 11.6 Å². The molecule has 4 N–H and O–H groups in total. The van der Waals surface area contributed by atoms with Gasteiger partial charge in [0.15, 0.2) is 0 Å². The van der Waals surface area contributed by atoms with E-state index in [2.05, 4.69) is 6.92 Å². The molecule has 0 spiro atoms. The summed E-state index contributed by atoms with van der Waals surface area (Å²) in [6.45, 7) is 4.72. The Morgan fingerprint density at radius 1 is 1.29 bits per heavy atom. The third-order valence-corrected chi connectivity index (χ3v) is 7.17. The van der Waals surface area contributed by atoms with Gasteiger partial charge in [0.1, 0.15) is 0 Å². The highest BCUT2D eigenvalue weighted by molar-refractivity contribution is 6.69. The number of hydrogen-bond donors (Lipinski definition) is 2. The average molecular weight is 220 g/mol. The summed E-state index contributed by atoms with van der Waals surface area (Å²) in [5, 5.41) is 0. The van der Waals surface area contributed by atoms with Crippen molar-refractivity contribution in [2.24, 2.45) is 11.5 Å². The zero-order chi connectivity index (χ0) is 11.2. The van der Waals surface area contributed by atoms with Gasteiger partial charge in [0.25, 0.3) is 0 Å². The SMILES string of the molecule is CC[Si](OC)(OC)C(CCN)C(C)N. The molecule has 0 rings (SSSR count). The Bertz CT molecular complexity index is 143. The molecular formula is C9H24N2O2Si. The van der Waals surface area contributed by atoms with Gasteiger partial charge >= 0.3 is 8.56 Å². The van der Waals surface area contributed by atoms with Crippen LogP contribution in [0.5, 0.6) is 0 Å². The lowest BCUT2D eigenvalue weighted by Crippen LogP contribution is -2.50. The fourth-order valence-electron chi connectivity index (χ4n) is 2.00. The molecule has 0 saturated heterocycles. The number of nitrogens with two attached hydrogens (primary N) is 2. The van der Waals surface area contributed by atoms with Crippen molar-refractivity contribution < 1.29 is 8.85 Å². The van der Waals surface area contributed by atoms with Gasteiger partial charge in [-0.25, -0.2) is 0 Å². The van der Waals surface area contributed by atoms with Gasteiger partial charge in [0.05, 0.1) is 0 Å². The first-order chi connectivity index (χ1) is 6.57. The van der Waals surface area contributed by atoms with Crippen molar-refractivity contribution in [3.63, 3.8) is 0 Å². The van der Waals surface area contributed by atoms with Gasteiger partial charge in [-0.1, -0.05) is 6.92 Å². The molecule has 0 saturated carbocycles. The molecule has 2 atom stereocenters. The van der Waals surface area contributed by atoms with Gasteiger partial charge < -0.3 is 20.3 Å².